The Kier molecular flexibility index (Phi) is 3.91. The molecule has 19 heavy (non-hydrogen) atoms. The minimum atomic E-state index is 0.251. The van der Waals surface area contributed by atoms with Crippen LogP contribution in [0.1, 0.15) is 19.3 Å². The van der Waals surface area contributed by atoms with Crippen LogP contribution in [0.25, 0.3) is 0 Å². The van der Waals surface area contributed by atoms with Crippen molar-refractivity contribution in [3.05, 3.63) is 18.5 Å². The Labute approximate surface area is 113 Å². The van der Waals surface area contributed by atoms with Gasteiger partial charge in [-0.05, 0) is 31.2 Å². The van der Waals surface area contributed by atoms with Crippen LogP contribution in [0.2, 0.25) is 0 Å². The van der Waals surface area contributed by atoms with Crippen LogP contribution in [-0.2, 0) is 0 Å². The molecule has 2 aliphatic rings. The summed E-state index contributed by atoms with van der Waals surface area (Å²) in [4.78, 5) is 10.9. The molecule has 2 saturated heterocycles. The molecule has 3 N–H and O–H groups in total. The maximum atomic E-state index is 8.98. The summed E-state index contributed by atoms with van der Waals surface area (Å²) in [5, 5.41) is 8.98. The molecule has 0 saturated carbocycles. The van der Waals surface area contributed by atoms with E-state index >= 15 is 0 Å². The van der Waals surface area contributed by atoms with Crippen molar-refractivity contribution >= 4 is 5.95 Å². The van der Waals surface area contributed by atoms with E-state index < -0.39 is 0 Å². The Balaban J connectivity index is 1.55. The fraction of sp³-hybridized carbons (Fsp3) is 0.692. The first kappa shape index (κ1) is 12.8. The quantitative estimate of drug-likeness (QED) is 0.706. The lowest BCUT2D eigenvalue weighted by atomic mass is 9.94. The summed E-state index contributed by atoms with van der Waals surface area (Å²) in [5.74, 6) is 1.46. The van der Waals surface area contributed by atoms with Gasteiger partial charge in [0.15, 0.2) is 0 Å². The Bertz CT molecular complexity index is 401. The second-order valence-corrected chi connectivity index (χ2v) is 5.38. The number of rotatable bonds is 4. The zero-order valence-electron chi connectivity index (χ0n) is 11.0. The van der Waals surface area contributed by atoms with Crippen molar-refractivity contribution < 1.29 is 5.11 Å². The molecule has 0 bridgehead atoms. The van der Waals surface area contributed by atoms with E-state index in [-0.39, 0.29) is 6.61 Å². The molecular weight excluding hydrogens is 242 g/mol. The standard InChI is InChI=1S/C13H21N5O/c19-7-3-11-8-12(17-16-11)10-2-6-18(9-10)13-14-4-1-5-15-13/h1,4-5,10-12,16-17,19H,2-3,6-9H2. The van der Waals surface area contributed by atoms with Crippen LogP contribution in [0, 0.1) is 5.92 Å². The summed E-state index contributed by atoms with van der Waals surface area (Å²) in [6, 6.07) is 2.74. The summed E-state index contributed by atoms with van der Waals surface area (Å²) in [5.41, 5.74) is 6.66. The van der Waals surface area contributed by atoms with Gasteiger partial charge in [0.25, 0.3) is 0 Å². The first-order valence-corrected chi connectivity index (χ1v) is 7.00. The van der Waals surface area contributed by atoms with Gasteiger partial charge in [0.05, 0.1) is 0 Å². The molecule has 6 nitrogen and oxygen atoms in total. The monoisotopic (exact) mass is 263 g/mol. The van der Waals surface area contributed by atoms with Gasteiger partial charge in [0.2, 0.25) is 5.95 Å². The van der Waals surface area contributed by atoms with Gasteiger partial charge in [-0.2, -0.15) is 0 Å². The van der Waals surface area contributed by atoms with Gasteiger partial charge in [-0.3, -0.25) is 10.9 Å². The fourth-order valence-electron chi connectivity index (χ4n) is 3.06. The molecule has 3 unspecified atom stereocenters. The first-order valence-electron chi connectivity index (χ1n) is 7.00. The van der Waals surface area contributed by atoms with Gasteiger partial charge in [0, 0.05) is 44.2 Å². The van der Waals surface area contributed by atoms with E-state index in [0.29, 0.717) is 18.0 Å². The molecule has 104 valence electrons. The summed E-state index contributed by atoms with van der Waals surface area (Å²) < 4.78 is 0. The van der Waals surface area contributed by atoms with Crippen molar-refractivity contribution in [2.45, 2.75) is 31.3 Å². The first-order chi connectivity index (χ1) is 9.36. The average Bonchev–Trinajstić information content (AvgIpc) is 3.08. The Morgan fingerprint density at radius 2 is 2.16 bits per heavy atom. The zero-order valence-corrected chi connectivity index (χ0v) is 11.0. The highest BCUT2D eigenvalue weighted by Gasteiger charge is 2.35. The predicted molar refractivity (Wildman–Crippen MR) is 72.5 cm³/mol. The van der Waals surface area contributed by atoms with E-state index in [1.165, 1.54) is 6.42 Å². The highest BCUT2D eigenvalue weighted by molar-refractivity contribution is 5.30. The molecule has 3 atom stereocenters. The van der Waals surface area contributed by atoms with E-state index in [9.17, 15) is 0 Å². The third kappa shape index (κ3) is 2.86. The highest BCUT2D eigenvalue weighted by Crippen LogP contribution is 2.26. The van der Waals surface area contributed by atoms with Crippen molar-refractivity contribution in [1.82, 2.24) is 20.8 Å². The molecule has 2 aliphatic heterocycles. The summed E-state index contributed by atoms with van der Waals surface area (Å²) in [6.45, 7) is 2.29. The van der Waals surface area contributed by atoms with Crippen LogP contribution in [0.3, 0.4) is 0 Å². The molecule has 1 aromatic heterocycles. The van der Waals surface area contributed by atoms with Crippen molar-refractivity contribution in [1.29, 1.82) is 0 Å². The second-order valence-electron chi connectivity index (χ2n) is 5.38. The van der Waals surface area contributed by atoms with Crippen molar-refractivity contribution in [3.8, 4) is 0 Å². The Morgan fingerprint density at radius 1 is 1.32 bits per heavy atom. The van der Waals surface area contributed by atoms with Gasteiger partial charge in [-0.1, -0.05) is 0 Å². The van der Waals surface area contributed by atoms with Crippen LogP contribution in [0.15, 0.2) is 18.5 Å². The molecule has 0 aromatic carbocycles. The molecule has 0 radical (unpaired) electrons. The molecule has 0 aliphatic carbocycles. The van der Waals surface area contributed by atoms with E-state index in [0.717, 1.165) is 31.9 Å². The van der Waals surface area contributed by atoms with E-state index in [4.69, 9.17) is 5.11 Å². The lowest BCUT2D eigenvalue weighted by Crippen LogP contribution is -2.38. The largest absolute Gasteiger partial charge is 0.396 e. The van der Waals surface area contributed by atoms with Crippen LogP contribution >= 0.6 is 0 Å². The summed E-state index contributed by atoms with van der Waals surface area (Å²) in [7, 11) is 0. The van der Waals surface area contributed by atoms with Crippen LogP contribution in [-0.4, -0.2) is 46.9 Å². The number of hydrogen-bond donors (Lipinski definition) is 3. The number of aromatic nitrogens is 2. The molecule has 2 fully saturated rings. The topological polar surface area (TPSA) is 73.3 Å². The van der Waals surface area contributed by atoms with Crippen molar-refractivity contribution in [2.75, 3.05) is 24.6 Å². The minimum absolute atomic E-state index is 0.251. The number of hydrogen-bond acceptors (Lipinski definition) is 6. The van der Waals surface area contributed by atoms with Gasteiger partial charge >= 0.3 is 0 Å². The minimum Gasteiger partial charge on any atom is -0.396 e. The molecule has 3 rings (SSSR count). The molecular formula is C13H21N5O. The van der Waals surface area contributed by atoms with Crippen LogP contribution in [0.4, 0.5) is 5.95 Å². The zero-order chi connectivity index (χ0) is 13.1. The van der Waals surface area contributed by atoms with Crippen molar-refractivity contribution in [3.63, 3.8) is 0 Å². The van der Waals surface area contributed by atoms with E-state index in [1.807, 2.05) is 6.07 Å². The van der Waals surface area contributed by atoms with Crippen LogP contribution < -0.4 is 15.8 Å². The maximum Gasteiger partial charge on any atom is 0.225 e. The lowest BCUT2D eigenvalue weighted by molar-refractivity contribution is 0.268. The van der Waals surface area contributed by atoms with Crippen LogP contribution in [0.5, 0.6) is 0 Å². The van der Waals surface area contributed by atoms with Gasteiger partial charge < -0.3 is 10.0 Å². The Hall–Kier alpha value is -1.24. The molecule has 0 spiro atoms. The third-order valence-corrected chi connectivity index (χ3v) is 4.12. The van der Waals surface area contributed by atoms with Gasteiger partial charge in [0.1, 0.15) is 0 Å². The third-order valence-electron chi connectivity index (χ3n) is 4.12. The van der Waals surface area contributed by atoms with E-state index in [2.05, 4.69) is 25.7 Å². The number of aliphatic hydroxyl groups is 1. The maximum absolute atomic E-state index is 8.98. The number of hydrazine groups is 1. The van der Waals surface area contributed by atoms with Gasteiger partial charge in [-0.25, -0.2) is 9.97 Å². The summed E-state index contributed by atoms with van der Waals surface area (Å²) >= 11 is 0. The molecule has 0 amide bonds. The average molecular weight is 263 g/mol. The Morgan fingerprint density at radius 3 is 2.95 bits per heavy atom. The second kappa shape index (κ2) is 5.81. The van der Waals surface area contributed by atoms with E-state index in [1.54, 1.807) is 12.4 Å². The molecule has 3 heterocycles. The number of nitrogens with one attached hydrogen (secondary N) is 2. The highest BCUT2D eigenvalue weighted by atomic mass is 16.3. The fourth-order valence-corrected chi connectivity index (χ4v) is 3.06. The lowest BCUT2D eigenvalue weighted by Gasteiger charge is -2.19. The normalized spacial score (nSPS) is 31.0. The van der Waals surface area contributed by atoms with Gasteiger partial charge in [-0.15, -0.1) is 0 Å². The molecule has 1 aromatic rings. The summed E-state index contributed by atoms with van der Waals surface area (Å²) in [6.07, 6.45) is 6.67. The molecule has 6 heteroatoms. The predicted octanol–water partition coefficient (Wildman–Crippen LogP) is -0.0796. The number of aliphatic hydroxyl groups excluding tert-OH is 1. The smallest absolute Gasteiger partial charge is 0.225 e. The number of anilines is 1. The SMILES string of the molecule is OCCC1CC(C2CCN(c3ncccn3)C2)NN1. The number of nitrogens with zero attached hydrogens (tertiary/aromatic N) is 3. The van der Waals surface area contributed by atoms with Crippen molar-refractivity contribution in [2.24, 2.45) is 5.92 Å².